The van der Waals surface area contributed by atoms with Crippen LogP contribution in [0.1, 0.15) is 52.0 Å². The van der Waals surface area contributed by atoms with Gasteiger partial charge in [0.15, 0.2) is 6.04 Å². The Morgan fingerprint density at radius 2 is 1.77 bits per heavy atom. The molecule has 0 spiro atoms. The lowest BCUT2D eigenvalue weighted by Crippen LogP contribution is -2.45. The fraction of sp³-hybridized carbons (Fsp3) is 0.464. The molecule has 0 aromatic heterocycles. The number of aliphatic imine (C=N–C) groups is 1. The van der Waals surface area contributed by atoms with Gasteiger partial charge in [0, 0.05) is 25.1 Å². The average molecular weight is 575 g/mol. The average Bonchev–Trinajstić information content (AvgIpc) is 3.28. The van der Waals surface area contributed by atoms with E-state index in [-0.39, 0.29) is 16.2 Å². The van der Waals surface area contributed by atoms with E-state index in [1.54, 1.807) is 25.1 Å². The van der Waals surface area contributed by atoms with Gasteiger partial charge in [-0.2, -0.15) is 0 Å². The van der Waals surface area contributed by atoms with Crippen molar-refractivity contribution in [3.05, 3.63) is 54.1 Å². The Bertz CT molecular complexity index is 1260. The molecule has 2 aromatic rings. The molecule has 1 aliphatic heterocycles. The van der Waals surface area contributed by atoms with E-state index in [4.69, 9.17) is 9.73 Å². The van der Waals surface area contributed by atoms with E-state index < -0.39 is 22.1 Å². The van der Waals surface area contributed by atoms with E-state index in [0.717, 1.165) is 30.7 Å². The molecule has 212 valence electrons. The molecule has 1 heterocycles. The molecule has 2 unspecified atom stereocenters. The van der Waals surface area contributed by atoms with Crippen molar-refractivity contribution in [1.29, 1.82) is 0 Å². The Labute approximate surface area is 235 Å². The molecule has 2 atom stereocenters. The monoisotopic (exact) mass is 574 g/mol. The lowest BCUT2D eigenvalue weighted by Gasteiger charge is -2.28. The molecule has 2 N–H and O–H groups in total. The molecule has 2 amide bonds. The minimum Gasteiger partial charge on any atom is -0.464 e. The lowest BCUT2D eigenvalue weighted by atomic mass is 10.0. The standard InChI is InChI=1S/C28H38N4O5S2/c1-5-8-13-24-30-26(38-4)25(27(33)37-7-3)32(24)19-20-14-16-21(17-15-20)22-11-9-10-12-23(22)39(35,36)31-28(34)29-18-6-2/h9-12,14-17,25-26H,5-8,13,18-19H2,1-4H3,(H2,29,31,34). The van der Waals surface area contributed by atoms with Crippen LogP contribution in [-0.2, 0) is 26.1 Å². The number of esters is 1. The first-order valence-corrected chi connectivity index (χ1v) is 16.0. The number of amides is 2. The van der Waals surface area contributed by atoms with Gasteiger partial charge in [-0.25, -0.2) is 22.7 Å². The van der Waals surface area contributed by atoms with Crippen LogP contribution in [-0.4, -0.2) is 62.0 Å². The smallest absolute Gasteiger partial charge is 0.331 e. The Morgan fingerprint density at radius 3 is 2.41 bits per heavy atom. The van der Waals surface area contributed by atoms with Crippen molar-refractivity contribution < 1.29 is 22.7 Å². The Balaban J connectivity index is 1.86. The number of hydrogen-bond acceptors (Lipinski definition) is 8. The predicted molar refractivity (Wildman–Crippen MR) is 156 cm³/mol. The molecule has 0 radical (unpaired) electrons. The first-order valence-electron chi connectivity index (χ1n) is 13.3. The molecule has 2 aromatic carbocycles. The number of nitrogens with one attached hydrogen (secondary N) is 2. The largest absolute Gasteiger partial charge is 0.464 e. The van der Waals surface area contributed by atoms with Crippen molar-refractivity contribution >= 4 is 39.6 Å². The maximum Gasteiger partial charge on any atom is 0.331 e. The van der Waals surface area contributed by atoms with E-state index >= 15 is 0 Å². The maximum atomic E-state index is 13.0. The molecular formula is C28H38N4O5S2. The number of ether oxygens (including phenoxy) is 1. The third-order valence-electron chi connectivity index (χ3n) is 6.29. The summed E-state index contributed by atoms with van der Waals surface area (Å²) in [5.74, 6) is 0.625. The normalized spacial score (nSPS) is 17.0. The number of nitrogens with zero attached hydrogens (tertiary/aromatic N) is 2. The molecule has 0 bridgehead atoms. The van der Waals surface area contributed by atoms with Crippen LogP contribution in [0.5, 0.6) is 0 Å². The second kappa shape index (κ2) is 14.4. The number of urea groups is 1. The van der Waals surface area contributed by atoms with Crippen LogP contribution in [0.3, 0.4) is 0 Å². The van der Waals surface area contributed by atoms with Crippen molar-refractivity contribution in [3.8, 4) is 11.1 Å². The van der Waals surface area contributed by atoms with E-state index in [1.165, 1.54) is 17.8 Å². The van der Waals surface area contributed by atoms with Gasteiger partial charge in [0.25, 0.3) is 10.0 Å². The third-order valence-corrected chi connectivity index (χ3v) is 8.53. The van der Waals surface area contributed by atoms with Crippen LogP contribution in [0.15, 0.2) is 58.4 Å². The Morgan fingerprint density at radius 1 is 1.05 bits per heavy atom. The number of benzene rings is 2. The zero-order chi connectivity index (χ0) is 28.4. The van der Waals surface area contributed by atoms with Crippen LogP contribution >= 0.6 is 11.8 Å². The van der Waals surface area contributed by atoms with Gasteiger partial charge in [0.05, 0.1) is 11.5 Å². The summed E-state index contributed by atoms with van der Waals surface area (Å²) in [5.41, 5.74) is 2.13. The lowest BCUT2D eigenvalue weighted by molar-refractivity contribution is -0.147. The quantitative estimate of drug-likeness (QED) is 0.331. The van der Waals surface area contributed by atoms with Crippen LogP contribution in [0, 0.1) is 0 Å². The highest BCUT2D eigenvalue weighted by molar-refractivity contribution is 7.99. The number of rotatable bonds is 13. The van der Waals surface area contributed by atoms with Gasteiger partial charge in [-0.1, -0.05) is 62.7 Å². The molecule has 1 aliphatic rings. The van der Waals surface area contributed by atoms with E-state index in [1.807, 2.05) is 42.3 Å². The highest BCUT2D eigenvalue weighted by atomic mass is 32.2. The number of hydrogen-bond donors (Lipinski definition) is 2. The maximum absolute atomic E-state index is 13.0. The molecule has 9 nitrogen and oxygen atoms in total. The summed E-state index contributed by atoms with van der Waals surface area (Å²) < 4.78 is 33.5. The van der Waals surface area contributed by atoms with Crippen LogP contribution in [0.25, 0.3) is 11.1 Å². The number of amidine groups is 1. The van der Waals surface area contributed by atoms with Gasteiger partial charge >= 0.3 is 12.0 Å². The third kappa shape index (κ3) is 7.76. The zero-order valence-electron chi connectivity index (χ0n) is 23.0. The zero-order valence-corrected chi connectivity index (χ0v) is 24.6. The second-order valence-corrected chi connectivity index (χ2v) is 11.8. The molecular weight excluding hydrogens is 536 g/mol. The molecule has 39 heavy (non-hydrogen) atoms. The summed E-state index contributed by atoms with van der Waals surface area (Å²) in [7, 11) is -4.08. The molecule has 0 saturated heterocycles. The number of carbonyl (C=O) groups is 2. The van der Waals surface area contributed by atoms with E-state index in [9.17, 15) is 18.0 Å². The highest BCUT2D eigenvalue weighted by Gasteiger charge is 2.41. The molecule has 0 fully saturated rings. The number of sulfonamides is 1. The minimum absolute atomic E-state index is 0.0168. The van der Waals surface area contributed by atoms with Gasteiger partial charge < -0.3 is 15.0 Å². The molecule has 11 heteroatoms. The van der Waals surface area contributed by atoms with E-state index in [0.29, 0.717) is 37.2 Å². The van der Waals surface area contributed by atoms with Gasteiger partial charge in [-0.3, -0.25) is 4.99 Å². The fourth-order valence-electron chi connectivity index (χ4n) is 4.37. The van der Waals surface area contributed by atoms with Gasteiger partial charge in [-0.15, -0.1) is 11.8 Å². The van der Waals surface area contributed by atoms with Crippen LogP contribution < -0.4 is 10.0 Å². The summed E-state index contributed by atoms with van der Waals surface area (Å²) >= 11 is 1.54. The number of carbonyl (C=O) groups excluding carboxylic acids is 2. The molecule has 0 aliphatic carbocycles. The van der Waals surface area contributed by atoms with Gasteiger partial charge in [0.2, 0.25) is 0 Å². The molecule has 0 saturated carbocycles. The number of unbranched alkanes of at least 4 members (excludes halogenated alkanes) is 1. The summed E-state index contributed by atoms with van der Waals surface area (Å²) in [6.45, 7) is 6.96. The summed E-state index contributed by atoms with van der Waals surface area (Å²) in [4.78, 5) is 31.9. The van der Waals surface area contributed by atoms with Crippen molar-refractivity contribution in [1.82, 2.24) is 14.9 Å². The topological polar surface area (TPSA) is 117 Å². The first kappa shape index (κ1) is 30.5. The summed E-state index contributed by atoms with van der Waals surface area (Å²) in [6.07, 6.45) is 5.42. The second-order valence-electron chi connectivity index (χ2n) is 9.15. The molecule has 3 rings (SSSR count). The minimum atomic E-state index is -4.08. The van der Waals surface area contributed by atoms with Crippen molar-refractivity contribution in [2.75, 3.05) is 19.4 Å². The predicted octanol–water partition coefficient (Wildman–Crippen LogP) is 4.78. The van der Waals surface area contributed by atoms with Crippen molar-refractivity contribution in [2.24, 2.45) is 4.99 Å². The Kier molecular flexibility index (Phi) is 11.2. The fourth-order valence-corrected chi connectivity index (χ4v) is 6.27. The van der Waals surface area contributed by atoms with Crippen LogP contribution in [0.4, 0.5) is 4.79 Å². The first-order chi connectivity index (χ1) is 18.7. The van der Waals surface area contributed by atoms with Gasteiger partial charge in [-0.05, 0) is 43.2 Å². The SMILES string of the molecule is CCCCC1=NC(SC)C(C(=O)OCC)N1Cc1ccc(-c2ccccc2S(=O)(=O)NC(=O)NCCC)cc1. The summed E-state index contributed by atoms with van der Waals surface area (Å²) in [6, 6.07) is 12.9. The highest BCUT2D eigenvalue weighted by Crippen LogP contribution is 2.31. The van der Waals surface area contributed by atoms with Crippen molar-refractivity contribution in [2.45, 2.75) is 69.3 Å². The van der Waals surface area contributed by atoms with Gasteiger partial charge in [0.1, 0.15) is 11.2 Å². The van der Waals surface area contributed by atoms with E-state index in [2.05, 4.69) is 17.0 Å². The van der Waals surface area contributed by atoms with Crippen molar-refractivity contribution in [3.63, 3.8) is 0 Å². The summed E-state index contributed by atoms with van der Waals surface area (Å²) in [5, 5.41) is 2.30. The Hall–Kier alpha value is -3.05. The number of thioether (sulfide) groups is 1. The van der Waals surface area contributed by atoms with Crippen LogP contribution in [0.2, 0.25) is 0 Å².